The molecule has 2 rings (SSSR count). The molecule has 0 spiro atoms. The summed E-state index contributed by atoms with van der Waals surface area (Å²) in [6.07, 6.45) is 0.754. The fraction of sp³-hybridized carbons (Fsp3) is 0.429. The number of hydrogen-bond acceptors (Lipinski definition) is 3. The molecule has 1 aromatic carbocycles. The zero-order valence-electron chi connectivity index (χ0n) is 10.7. The van der Waals surface area contributed by atoms with Gasteiger partial charge in [-0.15, -0.1) is 0 Å². The van der Waals surface area contributed by atoms with Crippen LogP contribution >= 0.6 is 0 Å². The number of carbonyl (C=O) groups excluding carboxylic acids is 1. The predicted octanol–water partition coefficient (Wildman–Crippen LogP) is 2.11. The van der Waals surface area contributed by atoms with Gasteiger partial charge in [-0.2, -0.15) is 5.26 Å². The highest BCUT2D eigenvalue weighted by Crippen LogP contribution is 2.33. The van der Waals surface area contributed by atoms with Crippen molar-refractivity contribution in [1.82, 2.24) is 0 Å². The molecule has 0 atom stereocenters. The van der Waals surface area contributed by atoms with E-state index >= 15 is 0 Å². The summed E-state index contributed by atoms with van der Waals surface area (Å²) in [5, 5.41) is 9.34. The number of carbonyl (C=O) groups is 1. The van der Waals surface area contributed by atoms with Crippen LogP contribution in [0.1, 0.15) is 12.8 Å². The normalized spacial score (nSPS) is 17.5. The van der Waals surface area contributed by atoms with Crippen LogP contribution in [0.25, 0.3) is 0 Å². The zero-order valence-corrected chi connectivity index (χ0v) is 10.7. The fourth-order valence-corrected chi connectivity index (χ4v) is 2.22. The monoisotopic (exact) mass is 262 g/mol. The second-order valence-electron chi connectivity index (χ2n) is 4.65. The highest BCUT2D eigenvalue weighted by molar-refractivity contribution is 5.99. The van der Waals surface area contributed by atoms with Gasteiger partial charge in [0.05, 0.1) is 6.07 Å². The maximum atomic E-state index is 13.2. The number of nitrogens with zero attached hydrogens (tertiary/aromatic N) is 2. The molecular formula is C14H15FN2O2. The average molecular weight is 262 g/mol. The van der Waals surface area contributed by atoms with Crippen LogP contribution < -0.4 is 4.90 Å². The van der Waals surface area contributed by atoms with Crippen LogP contribution in [0.15, 0.2) is 24.3 Å². The Morgan fingerprint density at radius 3 is 2.74 bits per heavy atom. The Labute approximate surface area is 111 Å². The van der Waals surface area contributed by atoms with Gasteiger partial charge in [-0.3, -0.25) is 4.79 Å². The lowest BCUT2D eigenvalue weighted by molar-refractivity contribution is -0.129. The number of amides is 1. The summed E-state index contributed by atoms with van der Waals surface area (Å²) >= 11 is 0. The minimum absolute atomic E-state index is 0.302. The molecule has 1 aliphatic heterocycles. The third-order valence-corrected chi connectivity index (χ3v) is 3.47. The van der Waals surface area contributed by atoms with E-state index in [9.17, 15) is 14.4 Å². The van der Waals surface area contributed by atoms with Crippen LogP contribution in [-0.2, 0) is 9.53 Å². The topological polar surface area (TPSA) is 53.3 Å². The number of halogens is 1. The summed E-state index contributed by atoms with van der Waals surface area (Å²) in [6.45, 7) is 0.798. The highest BCUT2D eigenvalue weighted by Gasteiger charge is 2.42. The lowest BCUT2D eigenvalue weighted by atomic mass is 9.80. The lowest BCUT2D eigenvalue weighted by Gasteiger charge is -2.33. The molecule has 0 unspecified atom stereocenters. The fourth-order valence-electron chi connectivity index (χ4n) is 2.22. The smallest absolute Gasteiger partial charge is 0.247 e. The standard InChI is InChI=1S/C14H15FN2O2/c1-17(12-4-2-3-11(15)9-12)13(18)14(10-16)5-7-19-8-6-14/h2-4,9H,5-8H2,1H3. The van der Waals surface area contributed by atoms with Crippen molar-refractivity contribution in [2.75, 3.05) is 25.2 Å². The average Bonchev–Trinajstić information content (AvgIpc) is 2.46. The van der Waals surface area contributed by atoms with Gasteiger partial charge >= 0.3 is 0 Å². The van der Waals surface area contributed by atoms with Gasteiger partial charge in [0.1, 0.15) is 11.2 Å². The Balaban J connectivity index is 2.25. The van der Waals surface area contributed by atoms with Crippen LogP contribution in [0, 0.1) is 22.6 Å². The van der Waals surface area contributed by atoms with Gasteiger partial charge in [0.15, 0.2) is 0 Å². The molecule has 1 aromatic rings. The Morgan fingerprint density at radius 1 is 1.47 bits per heavy atom. The van der Waals surface area contributed by atoms with E-state index in [4.69, 9.17) is 4.74 Å². The number of rotatable bonds is 2. The summed E-state index contributed by atoms with van der Waals surface area (Å²) in [4.78, 5) is 13.8. The van der Waals surface area contributed by atoms with Gasteiger partial charge in [0, 0.05) is 25.9 Å². The molecule has 0 bridgehead atoms. The third kappa shape index (κ3) is 2.59. The summed E-state index contributed by atoms with van der Waals surface area (Å²) < 4.78 is 18.4. The number of benzene rings is 1. The molecule has 0 N–H and O–H groups in total. The second kappa shape index (κ2) is 5.37. The molecule has 0 aromatic heterocycles. The van der Waals surface area contributed by atoms with Crippen LogP contribution in [0.4, 0.5) is 10.1 Å². The van der Waals surface area contributed by atoms with Crippen LogP contribution in [0.2, 0.25) is 0 Å². The Bertz CT molecular complexity index is 518. The van der Waals surface area contributed by atoms with Crippen LogP contribution in [0.5, 0.6) is 0 Å². The zero-order chi connectivity index (χ0) is 13.9. The highest BCUT2D eigenvalue weighted by atomic mass is 19.1. The van der Waals surface area contributed by atoms with Crippen molar-refractivity contribution in [3.05, 3.63) is 30.1 Å². The minimum Gasteiger partial charge on any atom is -0.381 e. The SMILES string of the molecule is CN(C(=O)C1(C#N)CCOCC1)c1cccc(F)c1. The molecule has 1 amide bonds. The second-order valence-corrected chi connectivity index (χ2v) is 4.65. The van der Waals surface area contributed by atoms with Crippen LogP contribution in [-0.4, -0.2) is 26.2 Å². The number of hydrogen-bond donors (Lipinski definition) is 0. The molecule has 0 aliphatic carbocycles. The van der Waals surface area contributed by atoms with E-state index in [2.05, 4.69) is 6.07 Å². The van der Waals surface area contributed by atoms with E-state index in [1.54, 1.807) is 13.1 Å². The first-order valence-electron chi connectivity index (χ1n) is 6.12. The summed E-state index contributed by atoms with van der Waals surface area (Å²) in [5.74, 6) is -0.709. The maximum Gasteiger partial charge on any atom is 0.247 e. The lowest BCUT2D eigenvalue weighted by Crippen LogP contribution is -2.44. The minimum atomic E-state index is -1.06. The van der Waals surface area contributed by atoms with Gasteiger partial charge in [0.25, 0.3) is 0 Å². The van der Waals surface area contributed by atoms with Gasteiger partial charge < -0.3 is 9.64 Å². The van der Waals surface area contributed by atoms with E-state index in [1.807, 2.05) is 0 Å². The molecule has 1 saturated heterocycles. The first-order valence-corrected chi connectivity index (χ1v) is 6.12. The summed E-state index contributed by atoms with van der Waals surface area (Å²) in [5.41, 5.74) is -0.606. The van der Waals surface area contributed by atoms with Crippen molar-refractivity contribution >= 4 is 11.6 Å². The molecular weight excluding hydrogens is 247 g/mol. The first-order chi connectivity index (χ1) is 9.09. The summed E-state index contributed by atoms with van der Waals surface area (Å²) in [7, 11) is 1.56. The van der Waals surface area contributed by atoms with Crippen molar-refractivity contribution in [2.24, 2.45) is 5.41 Å². The first kappa shape index (κ1) is 13.5. The van der Waals surface area contributed by atoms with E-state index in [1.165, 1.54) is 23.1 Å². The van der Waals surface area contributed by atoms with E-state index in [-0.39, 0.29) is 5.91 Å². The van der Waals surface area contributed by atoms with E-state index in [0.717, 1.165) is 0 Å². The third-order valence-electron chi connectivity index (χ3n) is 3.47. The molecule has 0 saturated carbocycles. The van der Waals surface area contributed by atoms with Crippen molar-refractivity contribution in [3.63, 3.8) is 0 Å². The molecule has 100 valence electrons. The van der Waals surface area contributed by atoms with Gasteiger partial charge in [0.2, 0.25) is 5.91 Å². The van der Waals surface area contributed by atoms with E-state index in [0.29, 0.717) is 31.7 Å². The van der Waals surface area contributed by atoms with Crippen LogP contribution in [0.3, 0.4) is 0 Å². The summed E-state index contributed by atoms with van der Waals surface area (Å²) in [6, 6.07) is 7.90. The van der Waals surface area contributed by atoms with Gasteiger partial charge in [-0.25, -0.2) is 4.39 Å². The van der Waals surface area contributed by atoms with Gasteiger partial charge in [-0.05, 0) is 31.0 Å². The molecule has 4 nitrogen and oxygen atoms in total. The largest absolute Gasteiger partial charge is 0.381 e. The number of anilines is 1. The van der Waals surface area contributed by atoms with Crippen molar-refractivity contribution in [3.8, 4) is 6.07 Å². The number of nitriles is 1. The van der Waals surface area contributed by atoms with Crippen molar-refractivity contribution in [2.45, 2.75) is 12.8 Å². The molecule has 19 heavy (non-hydrogen) atoms. The quantitative estimate of drug-likeness (QED) is 0.820. The molecule has 1 aliphatic rings. The Kier molecular flexibility index (Phi) is 3.82. The van der Waals surface area contributed by atoms with E-state index < -0.39 is 11.2 Å². The number of ether oxygens (including phenoxy) is 1. The molecule has 1 heterocycles. The maximum absolute atomic E-state index is 13.2. The Morgan fingerprint density at radius 2 is 2.16 bits per heavy atom. The van der Waals surface area contributed by atoms with Crippen molar-refractivity contribution in [1.29, 1.82) is 5.26 Å². The van der Waals surface area contributed by atoms with Crippen molar-refractivity contribution < 1.29 is 13.9 Å². The predicted molar refractivity (Wildman–Crippen MR) is 67.9 cm³/mol. The molecule has 0 radical (unpaired) electrons. The Hall–Kier alpha value is -1.93. The molecule has 1 fully saturated rings. The van der Waals surface area contributed by atoms with Gasteiger partial charge in [-0.1, -0.05) is 6.07 Å². The molecule has 5 heteroatoms.